The first-order valence-electron chi connectivity index (χ1n) is 6.52. The zero-order valence-electron chi connectivity index (χ0n) is 11.4. The number of para-hydroxylation sites is 1. The first-order chi connectivity index (χ1) is 9.10. The molecule has 0 saturated heterocycles. The topological polar surface area (TPSA) is 31.4 Å². The standard InChI is InChI=1S/C16H17NO2/c1-11(2)12-7-6-8-13-15(12)19-16(3,18-13)14-9-4-5-10-17-14/h4-11H,1-3H3/t16-/m0/s1. The quantitative estimate of drug-likeness (QED) is 0.816. The Morgan fingerprint density at radius 3 is 2.58 bits per heavy atom. The van der Waals surface area contributed by atoms with Gasteiger partial charge in [0.25, 0.3) is 5.79 Å². The van der Waals surface area contributed by atoms with Gasteiger partial charge in [0.05, 0.1) is 0 Å². The number of fused-ring (bicyclic) bond motifs is 1. The molecule has 0 unspecified atom stereocenters. The predicted octanol–water partition coefficient (Wildman–Crippen LogP) is 3.85. The molecule has 2 aromatic rings. The number of nitrogens with zero attached hydrogens (tertiary/aromatic N) is 1. The Hall–Kier alpha value is -2.03. The van der Waals surface area contributed by atoms with Crippen molar-refractivity contribution in [2.24, 2.45) is 0 Å². The largest absolute Gasteiger partial charge is 0.443 e. The number of pyridine rings is 1. The second-order valence-electron chi connectivity index (χ2n) is 5.19. The van der Waals surface area contributed by atoms with Crippen molar-refractivity contribution in [3.63, 3.8) is 0 Å². The summed E-state index contributed by atoms with van der Waals surface area (Å²) in [5.74, 6) is 1.18. The molecule has 0 saturated carbocycles. The van der Waals surface area contributed by atoms with Gasteiger partial charge in [0.1, 0.15) is 5.69 Å². The number of aromatic nitrogens is 1. The van der Waals surface area contributed by atoms with Crippen LogP contribution < -0.4 is 9.47 Å². The van der Waals surface area contributed by atoms with E-state index in [0.717, 1.165) is 22.8 Å². The minimum Gasteiger partial charge on any atom is -0.443 e. The van der Waals surface area contributed by atoms with E-state index in [4.69, 9.17) is 9.47 Å². The molecule has 1 aliphatic heterocycles. The Bertz CT molecular complexity index is 595. The van der Waals surface area contributed by atoms with Crippen LogP contribution in [0.4, 0.5) is 0 Å². The molecule has 0 amide bonds. The lowest BCUT2D eigenvalue weighted by molar-refractivity contribution is -0.0721. The van der Waals surface area contributed by atoms with E-state index >= 15 is 0 Å². The van der Waals surface area contributed by atoms with Crippen LogP contribution in [0, 0.1) is 0 Å². The van der Waals surface area contributed by atoms with E-state index in [-0.39, 0.29) is 0 Å². The molecule has 1 aromatic carbocycles. The van der Waals surface area contributed by atoms with Crippen LogP contribution in [0.5, 0.6) is 11.5 Å². The number of hydrogen-bond acceptors (Lipinski definition) is 3. The lowest BCUT2D eigenvalue weighted by Crippen LogP contribution is -2.32. The predicted molar refractivity (Wildman–Crippen MR) is 73.4 cm³/mol. The molecular formula is C16H17NO2. The molecule has 0 aliphatic carbocycles. The maximum atomic E-state index is 6.09. The Kier molecular flexibility index (Phi) is 2.70. The normalized spacial score (nSPS) is 20.8. The number of ether oxygens (including phenoxy) is 2. The summed E-state index contributed by atoms with van der Waals surface area (Å²) in [5, 5.41) is 0. The van der Waals surface area contributed by atoms with Gasteiger partial charge in [-0.25, -0.2) is 0 Å². The van der Waals surface area contributed by atoms with E-state index in [1.165, 1.54) is 0 Å². The Morgan fingerprint density at radius 2 is 1.89 bits per heavy atom. The maximum Gasteiger partial charge on any atom is 0.292 e. The van der Waals surface area contributed by atoms with Gasteiger partial charge in [0.15, 0.2) is 11.5 Å². The summed E-state index contributed by atoms with van der Waals surface area (Å²) < 4.78 is 12.1. The molecule has 0 bridgehead atoms. The van der Waals surface area contributed by atoms with Crippen molar-refractivity contribution in [3.05, 3.63) is 53.9 Å². The van der Waals surface area contributed by atoms with Gasteiger partial charge in [-0.15, -0.1) is 0 Å². The highest BCUT2D eigenvalue weighted by Crippen LogP contribution is 2.47. The molecule has 0 N–H and O–H groups in total. The molecule has 1 atom stereocenters. The summed E-state index contributed by atoms with van der Waals surface area (Å²) in [6.07, 6.45) is 1.75. The molecular weight excluding hydrogens is 238 g/mol. The number of rotatable bonds is 2. The van der Waals surface area contributed by atoms with E-state index in [1.54, 1.807) is 6.20 Å². The third-order valence-electron chi connectivity index (χ3n) is 3.36. The molecule has 0 radical (unpaired) electrons. The van der Waals surface area contributed by atoms with E-state index in [0.29, 0.717) is 5.92 Å². The third-order valence-corrected chi connectivity index (χ3v) is 3.36. The highest BCUT2D eigenvalue weighted by molar-refractivity contribution is 5.51. The zero-order chi connectivity index (χ0) is 13.5. The van der Waals surface area contributed by atoms with Crippen LogP contribution in [0.25, 0.3) is 0 Å². The second-order valence-corrected chi connectivity index (χ2v) is 5.19. The van der Waals surface area contributed by atoms with Crippen LogP contribution in [0.1, 0.15) is 37.9 Å². The third kappa shape index (κ3) is 1.95. The minimum absolute atomic E-state index is 0.393. The van der Waals surface area contributed by atoms with Crippen LogP contribution >= 0.6 is 0 Å². The minimum atomic E-state index is -0.839. The molecule has 19 heavy (non-hydrogen) atoms. The molecule has 98 valence electrons. The lowest BCUT2D eigenvalue weighted by Gasteiger charge is -2.22. The molecule has 1 aromatic heterocycles. The number of hydrogen-bond donors (Lipinski definition) is 0. The lowest BCUT2D eigenvalue weighted by atomic mass is 10.0. The van der Waals surface area contributed by atoms with Gasteiger partial charge in [-0.05, 0) is 24.1 Å². The van der Waals surface area contributed by atoms with Crippen LogP contribution in [-0.2, 0) is 5.79 Å². The Morgan fingerprint density at radius 1 is 1.05 bits per heavy atom. The van der Waals surface area contributed by atoms with Crippen molar-refractivity contribution >= 4 is 0 Å². The Balaban J connectivity index is 2.03. The van der Waals surface area contributed by atoms with Crippen molar-refractivity contribution in [1.29, 1.82) is 0 Å². The fourth-order valence-corrected chi connectivity index (χ4v) is 2.34. The molecule has 2 heterocycles. The van der Waals surface area contributed by atoms with Crippen LogP contribution in [0.15, 0.2) is 42.6 Å². The summed E-state index contributed by atoms with van der Waals surface area (Å²) in [4.78, 5) is 4.34. The van der Waals surface area contributed by atoms with Gasteiger partial charge in [-0.1, -0.05) is 32.0 Å². The van der Waals surface area contributed by atoms with E-state index < -0.39 is 5.79 Å². The average molecular weight is 255 g/mol. The summed E-state index contributed by atoms with van der Waals surface area (Å²) in [7, 11) is 0. The smallest absolute Gasteiger partial charge is 0.292 e. The van der Waals surface area contributed by atoms with Gasteiger partial charge < -0.3 is 9.47 Å². The van der Waals surface area contributed by atoms with Gasteiger partial charge in [-0.2, -0.15) is 0 Å². The molecule has 0 fully saturated rings. The van der Waals surface area contributed by atoms with Crippen LogP contribution in [0.2, 0.25) is 0 Å². The SMILES string of the molecule is CC(C)c1cccc2c1O[C@@](C)(c1ccccn1)O2. The van der Waals surface area contributed by atoms with Gasteiger partial charge in [-0.3, -0.25) is 4.98 Å². The van der Waals surface area contributed by atoms with E-state index in [1.807, 2.05) is 37.3 Å². The van der Waals surface area contributed by atoms with E-state index in [9.17, 15) is 0 Å². The number of benzene rings is 1. The van der Waals surface area contributed by atoms with Crippen molar-refractivity contribution < 1.29 is 9.47 Å². The first-order valence-corrected chi connectivity index (χ1v) is 6.52. The highest BCUT2D eigenvalue weighted by Gasteiger charge is 2.41. The second kappa shape index (κ2) is 4.26. The molecule has 1 aliphatic rings. The molecule has 3 nitrogen and oxygen atoms in total. The summed E-state index contributed by atoms with van der Waals surface area (Å²) in [6, 6.07) is 11.8. The van der Waals surface area contributed by atoms with Crippen LogP contribution in [-0.4, -0.2) is 4.98 Å². The Labute approximate surface area is 113 Å². The van der Waals surface area contributed by atoms with E-state index in [2.05, 4.69) is 24.9 Å². The summed E-state index contributed by atoms with van der Waals surface area (Å²) in [6.45, 7) is 6.20. The molecule has 0 spiro atoms. The summed E-state index contributed by atoms with van der Waals surface area (Å²) in [5.41, 5.74) is 1.94. The maximum absolute atomic E-state index is 6.09. The average Bonchev–Trinajstić information content (AvgIpc) is 2.77. The van der Waals surface area contributed by atoms with Crippen molar-refractivity contribution in [2.75, 3.05) is 0 Å². The van der Waals surface area contributed by atoms with Crippen molar-refractivity contribution in [3.8, 4) is 11.5 Å². The van der Waals surface area contributed by atoms with Gasteiger partial charge >= 0.3 is 0 Å². The summed E-state index contributed by atoms with van der Waals surface area (Å²) >= 11 is 0. The van der Waals surface area contributed by atoms with Gasteiger partial charge in [0, 0.05) is 18.7 Å². The van der Waals surface area contributed by atoms with Crippen molar-refractivity contribution in [2.45, 2.75) is 32.5 Å². The zero-order valence-corrected chi connectivity index (χ0v) is 11.4. The fourth-order valence-electron chi connectivity index (χ4n) is 2.34. The molecule has 3 heteroatoms. The van der Waals surface area contributed by atoms with Crippen molar-refractivity contribution in [1.82, 2.24) is 4.98 Å². The monoisotopic (exact) mass is 255 g/mol. The molecule has 3 rings (SSSR count). The fraction of sp³-hybridized carbons (Fsp3) is 0.312. The first kappa shape index (κ1) is 12.0. The van der Waals surface area contributed by atoms with Crippen LogP contribution in [0.3, 0.4) is 0 Å². The highest BCUT2D eigenvalue weighted by atomic mass is 16.7. The van der Waals surface area contributed by atoms with Gasteiger partial charge in [0.2, 0.25) is 0 Å².